The molecule has 2 aromatic carbocycles. The summed E-state index contributed by atoms with van der Waals surface area (Å²) in [6, 6.07) is 14.6. The van der Waals surface area contributed by atoms with Gasteiger partial charge in [-0.2, -0.15) is 0 Å². The van der Waals surface area contributed by atoms with E-state index >= 15 is 0 Å². The van der Waals surface area contributed by atoms with Crippen LogP contribution in [-0.2, 0) is 0 Å². The number of ether oxygens (including phenoxy) is 3. The summed E-state index contributed by atoms with van der Waals surface area (Å²) in [5.41, 5.74) is 0.514. The molecule has 1 fully saturated rings. The Bertz CT molecular complexity index is 928. The molecule has 0 heterocycles. The number of unbranched alkanes of at least 4 members (excludes halogenated alkanes) is 9. The second-order valence-corrected chi connectivity index (χ2v) is 12.1. The van der Waals surface area contributed by atoms with Gasteiger partial charge in [-0.05, 0) is 79.6 Å². The van der Waals surface area contributed by atoms with Crippen LogP contribution >= 0.6 is 0 Å². The van der Waals surface area contributed by atoms with Crippen molar-refractivity contribution in [2.24, 2.45) is 11.8 Å². The highest BCUT2D eigenvalue weighted by molar-refractivity contribution is 5.91. The predicted octanol–water partition coefficient (Wildman–Crippen LogP) is 11.0. The lowest BCUT2D eigenvalue weighted by atomic mass is 9.78. The third-order valence-corrected chi connectivity index (χ3v) is 8.60. The third-order valence-electron chi connectivity index (χ3n) is 8.60. The molecule has 41 heavy (non-hydrogen) atoms. The largest absolute Gasteiger partial charge is 0.494 e. The Balaban J connectivity index is 1.25. The highest BCUT2D eigenvalue weighted by Crippen LogP contribution is 2.34. The van der Waals surface area contributed by atoms with Gasteiger partial charge in [0.2, 0.25) is 0 Å². The summed E-state index contributed by atoms with van der Waals surface area (Å²) in [5, 5.41) is 0. The van der Waals surface area contributed by atoms with Crippen LogP contribution in [0.3, 0.4) is 0 Å². The molecule has 0 aliphatic heterocycles. The average molecular weight is 565 g/mol. The first kappa shape index (κ1) is 33.0. The quantitative estimate of drug-likeness (QED) is 0.0859. The lowest BCUT2D eigenvalue weighted by Crippen LogP contribution is -2.15. The van der Waals surface area contributed by atoms with Gasteiger partial charge in [0.15, 0.2) is 0 Å². The van der Waals surface area contributed by atoms with Gasteiger partial charge in [0.05, 0.1) is 18.8 Å². The Kier molecular flexibility index (Phi) is 16.4. The number of carbonyl (C=O) groups is 1. The van der Waals surface area contributed by atoms with E-state index in [1.165, 1.54) is 103 Å². The van der Waals surface area contributed by atoms with E-state index in [4.69, 9.17) is 14.2 Å². The van der Waals surface area contributed by atoms with Crippen LogP contribution in [0.25, 0.3) is 0 Å². The standard InChI is InChI=1S/C37H56O4/c1-3-5-7-8-9-10-11-13-29-39-34-23-21-33(22-24-34)37(38)41-36-27-25-35(26-28-36)40-30-14-16-32-19-17-31(18-20-32)15-12-6-4-2/h21-28,31-32H,3-20,29-30H2,1-2H3/t31-,32-. The van der Waals surface area contributed by atoms with E-state index in [2.05, 4.69) is 13.8 Å². The molecule has 0 N–H and O–H groups in total. The maximum absolute atomic E-state index is 12.6. The molecule has 0 saturated heterocycles. The Morgan fingerprint density at radius 2 is 1.00 bits per heavy atom. The van der Waals surface area contributed by atoms with Gasteiger partial charge in [-0.3, -0.25) is 0 Å². The number of hydrogen-bond acceptors (Lipinski definition) is 4. The monoisotopic (exact) mass is 564 g/mol. The summed E-state index contributed by atoms with van der Waals surface area (Å²) in [7, 11) is 0. The van der Waals surface area contributed by atoms with Crippen LogP contribution in [0.15, 0.2) is 48.5 Å². The van der Waals surface area contributed by atoms with Crippen molar-refractivity contribution in [1.29, 1.82) is 0 Å². The van der Waals surface area contributed by atoms with Gasteiger partial charge in [0, 0.05) is 0 Å². The minimum Gasteiger partial charge on any atom is -0.494 e. The molecular formula is C37H56O4. The van der Waals surface area contributed by atoms with E-state index in [-0.39, 0.29) is 5.97 Å². The van der Waals surface area contributed by atoms with Crippen LogP contribution in [0.2, 0.25) is 0 Å². The zero-order valence-corrected chi connectivity index (χ0v) is 26.0. The van der Waals surface area contributed by atoms with Crippen LogP contribution in [0.1, 0.15) is 140 Å². The lowest BCUT2D eigenvalue weighted by molar-refractivity contribution is 0.0734. The van der Waals surface area contributed by atoms with Crippen LogP contribution in [0, 0.1) is 11.8 Å². The van der Waals surface area contributed by atoms with Crippen LogP contribution in [-0.4, -0.2) is 19.2 Å². The second-order valence-electron chi connectivity index (χ2n) is 12.1. The van der Waals surface area contributed by atoms with Crippen LogP contribution in [0.4, 0.5) is 0 Å². The minimum atomic E-state index is -0.367. The fourth-order valence-electron chi connectivity index (χ4n) is 5.94. The van der Waals surface area contributed by atoms with Crippen molar-refractivity contribution < 1.29 is 19.0 Å². The smallest absolute Gasteiger partial charge is 0.343 e. The summed E-state index contributed by atoms with van der Waals surface area (Å²) in [4.78, 5) is 12.6. The maximum atomic E-state index is 12.6. The first-order valence-corrected chi connectivity index (χ1v) is 16.9. The fourth-order valence-corrected chi connectivity index (χ4v) is 5.94. The normalized spacial score (nSPS) is 16.8. The Hall–Kier alpha value is -2.49. The molecular weight excluding hydrogens is 508 g/mol. The molecule has 0 amide bonds. The van der Waals surface area contributed by atoms with E-state index < -0.39 is 0 Å². The molecule has 4 nitrogen and oxygen atoms in total. The van der Waals surface area contributed by atoms with Gasteiger partial charge in [-0.1, -0.05) is 110 Å². The van der Waals surface area contributed by atoms with Gasteiger partial charge < -0.3 is 14.2 Å². The van der Waals surface area contributed by atoms with Crippen molar-refractivity contribution in [3.05, 3.63) is 54.1 Å². The molecule has 0 unspecified atom stereocenters. The Labute approximate surface area is 250 Å². The van der Waals surface area contributed by atoms with E-state index in [0.717, 1.165) is 42.8 Å². The average Bonchev–Trinajstić information content (AvgIpc) is 3.00. The molecule has 0 radical (unpaired) electrons. The highest BCUT2D eigenvalue weighted by Gasteiger charge is 2.20. The van der Waals surface area contributed by atoms with Crippen molar-refractivity contribution in [3.63, 3.8) is 0 Å². The van der Waals surface area contributed by atoms with Crippen molar-refractivity contribution in [1.82, 2.24) is 0 Å². The van der Waals surface area contributed by atoms with Gasteiger partial charge in [-0.15, -0.1) is 0 Å². The van der Waals surface area contributed by atoms with Crippen LogP contribution < -0.4 is 14.2 Å². The Morgan fingerprint density at radius 1 is 0.561 bits per heavy atom. The fraction of sp³-hybridized carbons (Fsp3) is 0.649. The third kappa shape index (κ3) is 13.8. The molecule has 228 valence electrons. The zero-order valence-electron chi connectivity index (χ0n) is 26.0. The SMILES string of the molecule is CCCCCCCCCCOc1ccc(C(=O)Oc2ccc(OCCC[C@H]3CC[C@H](CCCCC)CC3)cc2)cc1. The second kappa shape index (κ2) is 20.4. The summed E-state index contributed by atoms with van der Waals surface area (Å²) in [6.07, 6.45) is 23.8. The van der Waals surface area contributed by atoms with Gasteiger partial charge in [-0.25, -0.2) is 4.79 Å². The maximum Gasteiger partial charge on any atom is 0.343 e. The molecule has 4 heteroatoms. The van der Waals surface area contributed by atoms with Crippen molar-refractivity contribution >= 4 is 5.97 Å². The van der Waals surface area contributed by atoms with Crippen molar-refractivity contribution in [2.45, 2.75) is 129 Å². The highest BCUT2D eigenvalue weighted by atomic mass is 16.5. The summed E-state index contributed by atoms with van der Waals surface area (Å²) in [6.45, 7) is 6.00. The molecule has 2 aromatic rings. The van der Waals surface area contributed by atoms with E-state index in [1.54, 1.807) is 24.3 Å². The van der Waals surface area contributed by atoms with E-state index in [1.807, 2.05) is 24.3 Å². The van der Waals surface area contributed by atoms with Gasteiger partial charge >= 0.3 is 5.97 Å². The number of benzene rings is 2. The predicted molar refractivity (Wildman–Crippen MR) is 170 cm³/mol. The molecule has 0 aromatic heterocycles. The molecule has 3 rings (SSSR count). The Morgan fingerprint density at radius 3 is 1.59 bits per heavy atom. The van der Waals surface area contributed by atoms with Gasteiger partial charge in [0.25, 0.3) is 0 Å². The molecule has 1 aliphatic rings. The molecule has 0 spiro atoms. The molecule has 0 bridgehead atoms. The molecule has 1 aliphatic carbocycles. The van der Waals surface area contributed by atoms with Crippen molar-refractivity contribution in [2.75, 3.05) is 13.2 Å². The number of esters is 1. The van der Waals surface area contributed by atoms with Crippen LogP contribution in [0.5, 0.6) is 17.2 Å². The lowest BCUT2D eigenvalue weighted by Gasteiger charge is -2.28. The summed E-state index contributed by atoms with van der Waals surface area (Å²) >= 11 is 0. The van der Waals surface area contributed by atoms with Gasteiger partial charge in [0.1, 0.15) is 17.2 Å². The van der Waals surface area contributed by atoms with E-state index in [0.29, 0.717) is 17.9 Å². The summed E-state index contributed by atoms with van der Waals surface area (Å²) in [5.74, 6) is 3.62. The minimum absolute atomic E-state index is 0.367. The van der Waals surface area contributed by atoms with E-state index in [9.17, 15) is 4.79 Å². The van der Waals surface area contributed by atoms with Crippen molar-refractivity contribution in [3.8, 4) is 17.2 Å². The summed E-state index contributed by atoms with van der Waals surface area (Å²) < 4.78 is 17.4. The number of hydrogen-bond donors (Lipinski definition) is 0. The molecule has 1 saturated carbocycles. The first-order chi connectivity index (χ1) is 20.2. The number of carbonyl (C=O) groups excluding carboxylic acids is 1. The first-order valence-electron chi connectivity index (χ1n) is 16.9. The topological polar surface area (TPSA) is 44.8 Å². The zero-order chi connectivity index (χ0) is 29.0. The molecule has 0 atom stereocenters. The number of rotatable bonds is 21.